The summed E-state index contributed by atoms with van der Waals surface area (Å²) in [5, 5.41) is 8.96. The van der Waals surface area contributed by atoms with Crippen LogP contribution in [0.5, 0.6) is 0 Å². The predicted octanol–water partition coefficient (Wildman–Crippen LogP) is 4.21. The zero-order valence-electron chi connectivity index (χ0n) is 16.7. The molecule has 0 radical (unpaired) electrons. The van der Waals surface area contributed by atoms with E-state index >= 15 is 0 Å². The molecule has 28 heavy (non-hydrogen) atoms. The molecule has 0 spiro atoms. The van der Waals surface area contributed by atoms with Crippen LogP contribution in [-0.4, -0.2) is 35.3 Å². The van der Waals surface area contributed by atoms with E-state index in [1.807, 2.05) is 35.2 Å². The van der Waals surface area contributed by atoms with Crippen molar-refractivity contribution >= 4 is 5.91 Å². The highest BCUT2D eigenvalue weighted by molar-refractivity contribution is 5.79. The minimum absolute atomic E-state index is 0.0717. The van der Waals surface area contributed by atoms with Crippen molar-refractivity contribution < 1.29 is 4.79 Å². The second-order valence-electron chi connectivity index (χ2n) is 7.63. The molecular weight excluding hydrogens is 346 g/mol. The van der Waals surface area contributed by atoms with Gasteiger partial charge in [-0.05, 0) is 49.1 Å². The van der Waals surface area contributed by atoms with E-state index in [1.54, 1.807) is 0 Å². The largest absolute Gasteiger partial charge is 0.338 e. The number of likely N-dealkylation sites (tertiary alicyclic amines) is 1. The average molecular weight is 376 g/mol. The van der Waals surface area contributed by atoms with Crippen LogP contribution in [0.3, 0.4) is 0 Å². The minimum Gasteiger partial charge on any atom is -0.338 e. The van der Waals surface area contributed by atoms with Gasteiger partial charge in [0, 0.05) is 26.2 Å². The number of carbonyl (C=O) groups excluding carboxylic acids is 1. The molecule has 1 unspecified atom stereocenters. The second-order valence-corrected chi connectivity index (χ2v) is 7.63. The van der Waals surface area contributed by atoms with Gasteiger partial charge in [-0.2, -0.15) is 5.26 Å². The number of piperidine rings is 1. The van der Waals surface area contributed by atoms with Crippen molar-refractivity contribution in [2.45, 2.75) is 39.3 Å². The molecule has 4 nitrogen and oxygen atoms in total. The van der Waals surface area contributed by atoms with E-state index in [0.29, 0.717) is 12.1 Å². The molecule has 2 aromatic carbocycles. The maximum atomic E-state index is 13.3. The number of carbonyl (C=O) groups is 1. The Kier molecular flexibility index (Phi) is 7.22. The van der Waals surface area contributed by atoms with Gasteiger partial charge in [0.1, 0.15) is 0 Å². The lowest BCUT2D eigenvalue weighted by molar-refractivity contribution is -0.138. The summed E-state index contributed by atoms with van der Waals surface area (Å²) in [5.41, 5.74) is 3.04. The average Bonchev–Trinajstić information content (AvgIpc) is 2.74. The number of benzene rings is 2. The van der Waals surface area contributed by atoms with Gasteiger partial charge in [-0.1, -0.05) is 49.4 Å². The molecule has 2 aromatic rings. The highest BCUT2D eigenvalue weighted by Gasteiger charge is 2.29. The maximum absolute atomic E-state index is 13.3. The van der Waals surface area contributed by atoms with Crippen molar-refractivity contribution in [1.82, 2.24) is 9.80 Å². The van der Waals surface area contributed by atoms with E-state index < -0.39 is 0 Å². The Hall–Kier alpha value is -2.64. The quantitative estimate of drug-likeness (QED) is 0.728. The lowest BCUT2D eigenvalue weighted by Crippen LogP contribution is -2.44. The third kappa shape index (κ3) is 5.43. The first-order valence-electron chi connectivity index (χ1n) is 10.2. The summed E-state index contributed by atoms with van der Waals surface area (Å²) in [4.78, 5) is 17.7. The van der Waals surface area contributed by atoms with Crippen LogP contribution in [0.25, 0.3) is 0 Å². The normalized spacial score (nSPS) is 17.1. The number of nitriles is 1. The summed E-state index contributed by atoms with van der Waals surface area (Å²) in [6.07, 6.45) is 2.99. The molecule has 0 N–H and O–H groups in total. The summed E-state index contributed by atoms with van der Waals surface area (Å²) in [6, 6.07) is 20.2. The zero-order chi connectivity index (χ0) is 19.8. The van der Waals surface area contributed by atoms with Crippen molar-refractivity contribution in [3.05, 3.63) is 71.3 Å². The smallest absolute Gasteiger partial charge is 0.227 e. The molecule has 4 heteroatoms. The lowest BCUT2D eigenvalue weighted by Gasteiger charge is -2.35. The van der Waals surface area contributed by atoms with Crippen LogP contribution in [0.15, 0.2) is 54.6 Å². The fourth-order valence-corrected chi connectivity index (χ4v) is 3.94. The first-order chi connectivity index (χ1) is 13.7. The van der Waals surface area contributed by atoms with Gasteiger partial charge in [0.15, 0.2) is 0 Å². The number of nitrogens with zero attached hydrogens (tertiary/aromatic N) is 3. The molecule has 0 aliphatic carbocycles. The molecule has 0 saturated carbocycles. The fourth-order valence-electron chi connectivity index (χ4n) is 3.94. The Morgan fingerprint density at radius 2 is 1.89 bits per heavy atom. The van der Waals surface area contributed by atoms with Crippen LogP contribution in [0.4, 0.5) is 0 Å². The highest BCUT2D eigenvalue weighted by Crippen LogP contribution is 2.22. The molecule has 1 saturated heterocycles. The van der Waals surface area contributed by atoms with Gasteiger partial charge in [-0.15, -0.1) is 0 Å². The molecule has 0 aromatic heterocycles. The molecule has 3 rings (SSSR count). The van der Waals surface area contributed by atoms with Crippen molar-refractivity contribution in [1.29, 1.82) is 5.26 Å². The molecule has 1 aliphatic rings. The van der Waals surface area contributed by atoms with Gasteiger partial charge in [-0.25, -0.2) is 0 Å². The van der Waals surface area contributed by atoms with Crippen molar-refractivity contribution in [3.8, 4) is 6.07 Å². The predicted molar refractivity (Wildman–Crippen MR) is 111 cm³/mol. The van der Waals surface area contributed by atoms with Crippen LogP contribution in [-0.2, 0) is 17.9 Å². The Morgan fingerprint density at radius 1 is 1.14 bits per heavy atom. The number of hydrogen-bond donors (Lipinski definition) is 0. The van der Waals surface area contributed by atoms with E-state index in [9.17, 15) is 4.79 Å². The summed E-state index contributed by atoms with van der Waals surface area (Å²) in [6.45, 7) is 6.31. The van der Waals surface area contributed by atoms with E-state index in [0.717, 1.165) is 51.0 Å². The Bertz CT molecular complexity index is 795. The van der Waals surface area contributed by atoms with Crippen LogP contribution in [0.1, 0.15) is 42.9 Å². The maximum Gasteiger partial charge on any atom is 0.227 e. The fraction of sp³-hybridized carbons (Fsp3) is 0.417. The van der Waals surface area contributed by atoms with Gasteiger partial charge in [0.05, 0.1) is 17.6 Å². The third-order valence-corrected chi connectivity index (χ3v) is 5.37. The van der Waals surface area contributed by atoms with E-state index in [4.69, 9.17) is 5.26 Å². The third-order valence-electron chi connectivity index (χ3n) is 5.37. The van der Waals surface area contributed by atoms with Gasteiger partial charge in [0.25, 0.3) is 0 Å². The summed E-state index contributed by atoms with van der Waals surface area (Å²) in [5.74, 6) is 0.339. The molecule has 1 fully saturated rings. The monoisotopic (exact) mass is 375 g/mol. The van der Waals surface area contributed by atoms with Gasteiger partial charge >= 0.3 is 0 Å². The van der Waals surface area contributed by atoms with Gasteiger partial charge in [-0.3, -0.25) is 9.69 Å². The molecule has 1 heterocycles. The number of rotatable bonds is 7. The number of hydrogen-bond acceptors (Lipinski definition) is 3. The van der Waals surface area contributed by atoms with E-state index in [2.05, 4.69) is 42.2 Å². The lowest BCUT2D eigenvalue weighted by atomic mass is 9.95. The SMILES string of the molecule is CCCN(Cc1ccc(C#N)cc1)C(=O)C1CCCN(Cc2ccccc2)C1. The Balaban J connectivity index is 1.63. The number of amides is 1. The highest BCUT2D eigenvalue weighted by atomic mass is 16.2. The van der Waals surface area contributed by atoms with Crippen LogP contribution >= 0.6 is 0 Å². The Morgan fingerprint density at radius 3 is 2.57 bits per heavy atom. The molecule has 146 valence electrons. The zero-order valence-corrected chi connectivity index (χ0v) is 16.7. The minimum atomic E-state index is 0.0717. The van der Waals surface area contributed by atoms with E-state index in [1.165, 1.54) is 5.56 Å². The van der Waals surface area contributed by atoms with E-state index in [-0.39, 0.29) is 11.8 Å². The van der Waals surface area contributed by atoms with Crippen molar-refractivity contribution in [3.63, 3.8) is 0 Å². The summed E-state index contributed by atoms with van der Waals surface area (Å²) >= 11 is 0. The Labute approximate surface area is 168 Å². The van der Waals surface area contributed by atoms with Crippen LogP contribution in [0, 0.1) is 17.2 Å². The van der Waals surface area contributed by atoms with Crippen molar-refractivity contribution in [2.75, 3.05) is 19.6 Å². The van der Waals surface area contributed by atoms with Gasteiger partial charge < -0.3 is 4.90 Å². The molecule has 1 amide bonds. The first-order valence-corrected chi connectivity index (χ1v) is 10.2. The summed E-state index contributed by atoms with van der Waals surface area (Å²) in [7, 11) is 0. The standard InChI is InChI=1S/C24H29N3O/c1-2-14-27(18-22-12-10-20(16-25)11-13-22)24(28)23-9-6-15-26(19-23)17-21-7-4-3-5-8-21/h3-5,7-8,10-13,23H,2,6,9,14-15,17-19H2,1H3. The van der Waals surface area contributed by atoms with Crippen molar-refractivity contribution in [2.24, 2.45) is 5.92 Å². The molecule has 1 atom stereocenters. The molecule has 1 aliphatic heterocycles. The molecule has 0 bridgehead atoms. The second kappa shape index (κ2) is 10.1. The van der Waals surface area contributed by atoms with Gasteiger partial charge in [0.2, 0.25) is 5.91 Å². The molecular formula is C24H29N3O. The summed E-state index contributed by atoms with van der Waals surface area (Å²) < 4.78 is 0. The topological polar surface area (TPSA) is 47.3 Å². The van der Waals surface area contributed by atoms with Crippen LogP contribution in [0.2, 0.25) is 0 Å². The van der Waals surface area contributed by atoms with Crippen LogP contribution < -0.4 is 0 Å². The first kappa shape index (κ1) is 20.1.